The molecule has 1 saturated carbocycles. The molecule has 1 unspecified atom stereocenters. The molecular formula is C21H32N2O4. The van der Waals surface area contributed by atoms with Gasteiger partial charge in [-0.15, -0.1) is 0 Å². The number of aliphatic hydroxyl groups is 1. The Morgan fingerprint density at radius 3 is 2.48 bits per heavy atom. The van der Waals surface area contributed by atoms with Gasteiger partial charge in [0.2, 0.25) is 0 Å². The fourth-order valence-electron chi connectivity index (χ4n) is 4.28. The monoisotopic (exact) mass is 376 g/mol. The molecule has 1 amide bonds. The quantitative estimate of drug-likeness (QED) is 0.792. The summed E-state index contributed by atoms with van der Waals surface area (Å²) in [5.74, 6) is 1.89. The minimum Gasteiger partial charge on any atom is -0.497 e. The van der Waals surface area contributed by atoms with Crippen molar-refractivity contribution >= 4 is 5.91 Å². The van der Waals surface area contributed by atoms with Crippen LogP contribution in [0.2, 0.25) is 0 Å². The Morgan fingerprint density at radius 1 is 1.15 bits per heavy atom. The molecule has 1 heterocycles. The molecule has 1 aliphatic carbocycles. The molecule has 3 rings (SSSR count). The number of β-amino-alcohol motifs (C(OH)–C–C–N with tert-alkyl or cyclic N) is 1. The zero-order valence-corrected chi connectivity index (χ0v) is 16.5. The Morgan fingerprint density at radius 2 is 1.85 bits per heavy atom. The van der Waals surface area contributed by atoms with Gasteiger partial charge in [0.25, 0.3) is 5.91 Å². The zero-order valence-electron chi connectivity index (χ0n) is 16.5. The summed E-state index contributed by atoms with van der Waals surface area (Å²) in [5, 5.41) is 10.4. The smallest absolute Gasteiger partial charge is 0.257 e. The predicted molar refractivity (Wildman–Crippen MR) is 104 cm³/mol. The van der Waals surface area contributed by atoms with Crippen molar-refractivity contribution in [2.75, 3.05) is 46.9 Å². The van der Waals surface area contributed by atoms with Crippen LogP contribution in [0.3, 0.4) is 0 Å². The van der Waals surface area contributed by atoms with Crippen molar-refractivity contribution in [2.45, 2.75) is 38.2 Å². The van der Waals surface area contributed by atoms with E-state index in [-0.39, 0.29) is 12.0 Å². The van der Waals surface area contributed by atoms with Crippen molar-refractivity contribution < 1.29 is 19.4 Å². The van der Waals surface area contributed by atoms with Crippen molar-refractivity contribution in [1.29, 1.82) is 0 Å². The van der Waals surface area contributed by atoms with Crippen LogP contribution in [0, 0.1) is 5.92 Å². The van der Waals surface area contributed by atoms with Gasteiger partial charge < -0.3 is 19.5 Å². The molecule has 1 aromatic carbocycles. The fraction of sp³-hybridized carbons (Fsp3) is 0.667. The third kappa shape index (κ3) is 5.14. The number of hydrogen-bond acceptors (Lipinski definition) is 5. The molecule has 0 aromatic heterocycles. The van der Waals surface area contributed by atoms with Crippen LogP contribution in [-0.2, 0) is 0 Å². The van der Waals surface area contributed by atoms with E-state index < -0.39 is 0 Å². The van der Waals surface area contributed by atoms with E-state index in [4.69, 9.17) is 9.47 Å². The number of aliphatic hydroxyl groups excluding tert-OH is 1. The average Bonchev–Trinajstić information content (AvgIpc) is 3.20. The number of carbonyl (C=O) groups excluding carboxylic acids is 1. The summed E-state index contributed by atoms with van der Waals surface area (Å²) < 4.78 is 10.6. The van der Waals surface area contributed by atoms with E-state index in [1.807, 2.05) is 4.90 Å². The van der Waals surface area contributed by atoms with E-state index in [0.29, 0.717) is 42.6 Å². The summed E-state index contributed by atoms with van der Waals surface area (Å²) in [7, 11) is 3.16. The lowest BCUT2D eigenvalue weighted by molar-refractivity contribution is 0.0480. The minimum atomic E-state index is -0.253. The summed E-state index contributed by atoms with van der Waals surface area (Å²) in [6.45, 7) is 3.65. The highest BCUT2D eigenvalue weighted by Gasteiger charge is 2.26. The highest BCUT2D eigenvalue weighted by molar-refractivity contribution is 5.97. The van der Waals surface area contributed by atoms with Gasteiger partial charge in [0, 0.05) is 38.8 Å². The molecule has 1 atom stereocenters. The highest BCUT2D eigenvalue weighted by atomic mass is 16.5. The van der Waals surface area contributed by atoms with Crippen LogP contribution in [0.15, 0.2) is 18.2 Å². The second-order valence-corrected chi connectivity index (χ2v) is 7.70. The van der Waals surface area contributed by atoms with Crippen LogP contribution in [-0.4, -0.2) is 73.9 Å². The lowest BCUT2D eigenvalue weighted by atomic mass is 9.99. The molecule has 27 heavy (non-hydrogen) atoms. The summed E-state index contributed by atoms with van der Waals surface area (Å²) in [4.78, 5) is 17.0. The van der Waals surface area contributed by atoms with Crippen LogP contribution in [0.1, 0.15) is 42.5 Å². The largest absolute Gasteiger partial charge is 0.497 e. The van der Waals surface area contributed by atoms with Crippen LogP contribution < -0.4 is 9.47 Å². The Labute approximate surface area is 162 Å². The molecule has 6 heteroatoms. The number of hydrogen-bond donors (Lipinski definition) is 1. The number of ether oxygens (including phenoxy) is 2. The number of benzene rings is 1. The molecule has 150 valence electrons. The summed E-state index contributed by atoms with van der Waals surface area (Å²) >= 11 is 0. The number of amides is 1. The van der Waals surface area contributed by atoms with Gasteiger partial charge in [-0.05, 0) is 24.5 Å². The maximum Gasteiger partial charge on any atom is 0.257 e. The number of piperazine rings is 1. The lowest BCUT2D eigenvalue weighted by Gasteiger charge is -2.36. The maximum atomic E-state index is 12.9. The first-order valence-corrected chi connectivity index (χ1v) is 10.0. The second kappa shape index (κ2) is 9.42. The fourth-order valence-corrected chi connectivity index (χ4v) is 4.28. The number of methoxy groups -OCH3 is 2. The van der Waals surface area contributed by atoms with E-state index >= 15 is 0 Å². The Balaban J connectivity index is 1.50. The van der Waals surface area contributed by atoms with Crippen molar-refractivity contribution in [3.8, 4) is 11.5 Å². The van der Waals surface area contributed by atoms with Crippen molar-refractivity contribution in [1.82, 2.24) is 9.80 Å². The highest BCUT2D eigenvalue weighted by Crippen LogP contribution is 2.29. The standard InChI is InChI=1S/C21H32N2O4/c1-26-18-7-8-19(20(14-18)27-2)21(25)23-11-9-22(10-12-23)15-17(24)13-16-5-3-4-6-16/h7-8,14,16-17,24H,3-6,9-13,15H2,1-2H3. The van der Waals surface area contributed by atoms with Gasteiger partial charge in [-0.3, -0.25) is 9.69 Å². The molecule has 2 aliphatic rings. The predicted octanol–water partition coefficient (Wildman–Crippen LogP) is 2.40. The molecule has 2 fully saturated rings. The second-order valence-electron chi connectivity index (χ2n) is 7.70. The number of carbonyl (C=O) groups is 1. The van der Waals surface area contributed by atoms with Gasteiger partial charge in [0.15, 0.2) is 0 Å². The third-order valence-corrected chi connectivity index (χ3v) is 5.85. The molecule has 0 radical (unpaired) electrons. The van der Waals surface area contributed by atoms with Gasteiger partial charge in [-0.1, -0.05) is 25.7 Å². The van der Waals surface area contributed by atoms with E-state index in [0.717, 1.165) is 19.5 Å². The van der Waals surface area contributed by atoms with E-state index in [9.17, 15) is 9.90 Å². The Kier molecular flexibility index (Phi) is 6.96. The van der Waals surface area contributed by atoms with Crippen LogP contribution in [0.25, 0.3) is 0 Å². The third-order valence-electron chi connectivity index (χ3n) is 5.85. The molecule has 1 N–H and O–H groups in total. The Bertz CT molecular complexity index is 623. The van der Waals surface area contributed by atoms with Gasteiger partial charge in [-0.2, -0.15) is 0 Å². The minimum absolute atomic E-state index is 0.0133. The zero-order chi connectivity index (χ0) is 19.2. The van der Waals surface area contributed by atoms with Gasteiger partial charge in [0.1, 0.15) is 11.5 Å². The van der Waals surface area contributed by atoms with Crippen LogP contribution >= 0.6 is 0 Å². The molecule has 1 aromatic rings. The first kappa shape index (κ1) is 20.0. The molecule has 0 bridgehead atoms. The topological polar surface area (TPSA) is 62.2 Å². The van der Waals surface area contributed by atoms with E-state index in [1.54, 1.807) is 32.4 Å². The molecule has 1 saturated heterocycles. The van der Waals surface area contributed by atoms with Gasteiger partial charge >= 0.3 is 0 Å². The van der Waals surface area contributed by atoms with Gasteiger partial charge in [-0.25, -0.2) is 0 Å². The average molecular weight is 376 g/mol. The van der Waals surface area contributed by atoms with Crippen LogP contribution in [0.4, 0.5) is 0 Å². The molecule has 0 spiro atoms. The van der Waals surface area contributed by atoms with Crippen molar-refractivity contribution in [2.24, 2.45) is 5.92 Å². The van der Waals surface area contributed by atoms with E-state index in [2.05, 4.69) is 4.90 Å². The van der Waals surface area contributed by atoms with E-state index in [1.165, 1.54) is 25.7 Å². The Hall–Kier alpha value is -1.79. The first-order chi connectivity index (χ1) is 13.1. The van der Waals surface area contributed by atoms with Crippen molar-refractivity contribution in [3.63, 3.8) is 0 Å². The van der Waals surface area contributed by atoms with Gasteiger partial charge in [0.05, 0.1) is 25.9 Å². The summed E-state index contributed by atoms with van der Waals surface area (Å²) in [6.07, 6.45) is 5.82. The lowest BCUT2D eigenvalue weighted by Crippen LogP contribution is -2.50. The SMILES string of the molecule is COc1ccc(C(=O)N2CCN(CC(O)CC3CCCC3)CC2)c(OC)c1. The van der Waals surface area contributed by atoms with Crippen molar-refractivity contribution in [3.05, 3.63) is 23.8 Å². The molecule has 1 aliphatic heterocycles. The normalized spacial score (nSPS) is 19.9. The summed E-state index contributed by atoms with van der Waals surface area (Å²) in [6, 6.07) is 5.28. The molecule has 6 nitrogen and oxygen atoms in total. The number of nitrogens with zero attached hydrogens (tertiary/aromatic N) is 2. The maximum absolute atomic E-state index is 12.9. The summed E-state index contributed by atoms with van der Waals surface area (Å²) in [5.41, 5.74) is 0.563. The molecular weight excluding hydrogens is 344 g/mol. The number of rotatable bonds is 7. The first-order valence-electron chi connectivity index (χ1n) is 10.0. The van der Waals surface area contributed by atoms with Crippen LogP contribution in [0.5, 0.6) is 11.5 Å².